The molecule has 0 aliphatic rings. The van der Waals surface area contributed by atoms with E-state index in [0.29, 0.717) is 6.61 Å². The van der Waals surface area contributed by atoms with Crippen LogP contribution in [0.3, 0.4) is 0 Å². The summed E-state index contributed by atoms with van der Waals surface area (Å²) in [6.45, 7) is 0.296. The van der Waals surface area contributed by atoms with Crippen LogP contribution in [-0.2, 0) is 16.1 Å². The van der Waals surface area contributed by atoms with Gasteiger partial charge in [0.15, 0.2) is 0 Å². The number of H-pyrrole nitrogens is 2. The number of rotatable bonds is 5. The van der Waals surface area contributed by atoms with Crippen LogP contribution < -0.4 is 11.1 Å². The monoisotopic (exact) mass is 264 g/mol. The number of fused-ring (bicyclic) bond motifs is 1. The maximum atomic E-state index is 11.3. The first-order valence-corrected chi connectivity index (χ1v) is 5.80. The number of benzene rings is 1. The number of hydrogen-bond donors (Lipinski definition) is 3. The van der Waals surface area contributed by atoms with Gasteiger partial charge in [0.2, 0.25) is 0 Å². The smallest absolute Gasteiger partial charge is 0.323 e. The molecule has 0 atom stereocenters. The SMILES string of the molecule is CN(C)NC(=O)COCc1ccc2[nH]c(=O)[nH]c2c1. The third kappa shape index (κ3) is 3.67. The molecule has 0 fully saturated rings. The Balaban J connectivity index is 1.91. The summed E-state index contributed by atoms with van der Waals surface area (Å²) in [6, 6.07) is 5.46. The number of imidazole rings is 1. The van der Waals surface area contributed by atoms with Crippen molar-refractivity contribution >= 4 is 16.9 Å². The molecule has 0 spiro atoms. The minimum atomic E-state index is -0.238. The van der Waals surface area contributed by atoms with Gasteiger partial charge in [-0.25, -0.2) is 9.80 Å². The van der Waals surface area contributed by atoms with E-state index in [1.807, 2.05) is 12.1 Å². The summed E-state index contributed by atoms with van der Waals surface area (Å²) in [5, 5.41) is 1.56. The second-order valence-corrected chi connectivity index (χ2v) is 4.38. The van der Waals surface area contributed by atoms with Crippen LogP contribution in [0, 0.1) is 0 Å². The summed E-state index contributed by atoms with van der Waals surface area (Å²) in [5.74, 6) is -0.207. The molecule has 0 bridgehead atoms. The number of aromatic amines is 2. The summed E-state index contributed by atoms with van der Waals surface area (Å²) >= 11 is 0. The molecule has 0 aliphatic heterocycles. The molecule has 19 heavy (non-hydrogen) atoms. The Hall–Kier alpha value is -2.12. The van der Waals surface area contributed by atoms with Crippen LogP contribution >= 0.6 is 0 Å². The van der Waals surface area contributed by atoms with E-state index in [-0.39, 0.29) is 18.2 Å². The molecule has 102 valence electrons. The Morgan fingerprint density at radius 2 is 2.05 bits per heavy atom. The molecule has 0 saturated carbocycles. The quantitative estimate of drug-likeness (QED) is 0.661. The summed E-state index contributed by atoms with van der Waals surface area (Å²) < 4.78 is 5.30. The topological polar surface area (TPSA) is 90.2 Å². The lowest BCUT2D eigenvalue weighted by Crippen LogP contribution is -2.38. The van der Waals surface area contributed by atoms with Crippen molar-refractivity contribution in [3.63, 3.8) is 0 Å². The van der Waals surface area contributed by atoms with E-state index in [9.17, 15) is 9.59 Å². The fourth-order valence-electron chi connectivity index (χ4n) is 1.71. The molecule has 0 aliphatic carbocycles. The summed E-state index contributed by atoms with van der Waals surface area (Å²) in [7, 11) is 3.46. The largest absolute Gasteiger partial charge is 0.367 e. The molecule has 1 aromatic carbocycles. The Kier molecular flexibility index (Phi) is 3.98. The third-order valence-corrected chi connectivity index (χ3v) is 2.43. The number of nitrogens with zero attached hydrogens (tertiary/aromatic N) is 1. The van der Waals surface area contributed by atoms with Gasteiger partial charge in [0.1, 0.15) is 6.61 Å². The lowest BCUT2D eigenvalue weighted by Gasteiger charge is -2.11. The second-order valence-electron chi connectivity index (χ2n) is 4.38. The van der Waals surface area contributed by atoms with Gasteiger partial charge in [-0.15, -0.1) is 0 Å². The molecule has 2 rings (SSSR count). The van der Waals surface area contributed by atoms with Crippen LogP contribution in [0.5, 0.6) is 0 Å². The van der Waals surface area contributed by atoms with Crippen molar-refractivity contribution in [1.82, 2.24) is 20.4 Å². The van der Waals surface area contributed by atoms with Gasteiger partial charge in [-0.05, 0) is 17.7 Å². The highest BCUT2D eigenvalue weighted by Gasteiger charge is 2.03. The molecule has 0 unspecified atom stereocenters. The van der Waals surface area contributed by atoms with E-state index in [1.54, 1.807) is 25.2 Å². The van der Waals surface area contributed by atoms with Gasteiger partial charge in [0.05, 0.1) is 17.6 Å². The Labute approximate surface area is 109 Å². The maximum absolute atomic E-state index is 11.3. The minimum absolute atomic E-state index is 0.0140. The summed E-state index contributed by atoms with van der Waals surface area (Å²) in [6.07, 6.45) is 0. The van der Waals surface area contributed by atoms with Crippen LogP contribution in [0.2, 0.25) is 0 Å². The van der Waals surface area contributed by atoms with E-state index in [4.69, 9.17) is 4.74 Å². The van der Waals surface area contributed by atoms with Gasteiger partial charge in [-0.1, -0.05) is 6.07 Å². The van der Waals surface area contributed by atoms with Crippen molar-refractivity contribution in [2.45, 2.75) is 6.61 Å². The van der Waals surface area contributed by atoms with Crippen LogP contribution in [-0.4, -0.2) is 41.6 Å². The highest BCUT2D eigenvalue weighted by molar-refractivity contribution is 5.76. The number of hydrazine groups is 1. The van der Waals surface area contributed by atoms with Crippen molar-refractivity contribution in [3.8, 4) is 0 Å². The highest BCUT2D eigenvalue weighted by atomic mass is 16.5. The van der Waals surface area contributed by atoms with E-state index in [0.717, 1.165) is 16.6 Å². The molecule has 3 N–H and O–H groups in total. The molecule has 1 aromatic heterocycles. The predicted molar refractivity (Wildman–Crippen MR) is 70.4 cm³/mol. The number of amides is 1. The lowest BCUT2D eigenvalue weighted by molar-refractivity contribution is -0.129. The van der Waals surface area contributed by atoms with Gasteiger partial charge in [0, 0.05) is 14.1 Å². The normalized spacial score (nSPS) is 11.1. The molecule has 7 nitrogen and oxygen atoms in total. The van der Waals surface area contributed by atoms with Crippen molar-refractivity contribution in [1.29, 1.82) is 0 Å². The summed E-state index contributed by atoms with van der Waals surface area (Å²) in [5.41, 5.74) is 4.71. The maximum Gasteiger partial charge on any atom is 0.323 e. The van der Waals surface area contributed by atoms with Gasteiger partial charge < -0.3 is 14.7 Å². The average Bonchev–Trinajstić information content (AvgIpc) is 2.67. The number of ether oxygens (including phenoxy) is 1. The number of carbonyl (C=O) groups excluding carboxylic acids is 1. The zero-order valence-corrected chi connectivity index (χ0v) is 10.8. The molecule has 2 aromatic rings. The van der Waals surface area contributed by atoms with Crippen LogP contribution in [0.15, 0.2) is 23.0 Å². The molecular weight excluding hydrogens is 248 g/mol. The van der Waals surface area contributed by atoms with Crippen molar-refractivity contribution < 1.29 is 9.53 Å². The standard InChI is InChI=1S/C12H16N4O3/c1-16(2)15-11(17)7-19-6-8-3-4-9-10(5-8)14-12(18)13-9/h3-5H,6-7H2,1-2H3,(H,15,17)(H2,13,14,18). The Morgan fingerprint density at radius 1 is 1.32 bits per heavy atom. The van der Waals surface area contributed by atoms with Crippen LogP contribution in [0.1, 0.15) is 5.56 Å². The zero-order valence-electron chi connectivity index (χ0n) is 10.8. The predicted octanol–water partition coefficient (Wildman–Crippen LogP) is -0.0344. The Morgan fingerprint density at radius 3 is 2.79 bits per heavy atom. The minimum Gasteiger partial charge on any atom is -0.367 e. The average molecular weight is 264 g/mol. The molecular formula is C12H16N4O3. The van der Waals surface area contributed by atoms with Gasteiger partial charge >= 0.3 is 5.69 Å². The van der Waals surface area contributed by atoms with Gasteiger partial charge in [-0.2, -0.15) is 0 Å². The summed E-state index contributed by atoms with van der Waals surface area (Å²) in [4.78, 5) is 27.8. The first kappa shape index (κ1) is 13.3. The number of nitrogens with one attached hydrogen (secondary N) is 3. The number of aromatic nitrogens is 2. The first-order valence-electron chi connectivity index (χ1n) is 5.80. The van der Waals surface area contributed by atoms with Crippen molar-refractivity contribution in [2.24, 2.45) is 0 Å². The number of carbonyl (C=O) groups is 1. The van der Waals surface area contributed by atoms with Gasteiger partial charge in [-0.3, -0.25) is 10.2 Å². The van der Waals surface area contributed by atoms with Crippen LogP contribution in [0.4, 0.5) is 0 Å². The lowest BCUT2D eigenvalue weighted by atomic mass is 10.2. The van der Waals surface area contributed by atoms with E-state index < -0.39 is 0 Å². The van der Waals surface area contributed by atoms with E-state index >= 15 is 0 Å². The van der Waals surface area contributed by atoms with Crippen molar-refractivity contribution in [2.75, 3.05) is 20.7 Å². The Bertz CT molecular complexity index is 629. The van der Waals surface area contributed by atoms with E-state index in [2.05, 4.69) is 15.4 Å². The second kappa shape index (κ2) is 5.68. The molecule has 7 heteroatoms. The van der Waals surface area contributed by atoms with Crippen LogP contribution in [0.25, 0.3) is 11.0 Å². The third-order valence-electron chi connectivity index (χ3n) is 2.43. The zero-order chi connectivity index (χ0) is 13.8. The molecule has 0 radical (unpaired) electrons. The molecule has 0 saturated heterocycles. The number of hydrogen-bond acceptors (Lipinski definition) is 4. The van der Waals surface area contributed by atoms with Gasteiger partial charge in [0.25, 0.3) is 5.91 Å². The fourth-order valence-corrected chi connectivity index (χ4v) is 1.71. The molecule has 1 amide bonds. The fraction of sp³-hybridized carbons (Fsp3) is 0.333. The van der Waals surface area contributed by atoms with Crippen molar-refractivity contribution in [3.05, 3.63) is 34.2 Å². The van der Waals surface area contributed by atoms with E-state index in [1.165, 1.54) is 0 Å². The molecule has 1 heterocycles. The highest BCUT2D eigenvalue weighted by Crippen LogP contribution is 2.10. The first-order chi connectivity index (χ1) is 9.04.